The Morgan fingerprint density at radius 1 is 1.55 bits per heavy atom. The lowest BCUT2D eigenvalue weighted by molar-refractivity contribution is 0.0697. The molecule has 0 saturated heterocycles. The second-order valence-corrected chi connectivity index (χ2v) is 5.84. The first-order valence-electron chi connectivity index (χ1n) is 6.32. The van der Waals surface area contributed by atoms with Crippen LogP contribution in [-0.2, 0) is 6.54 Å². The van der Waals surface area contributed by atoms with Crippen LogP contribution in [0, 0.1) is 18.3 Å². The number of carbonyl (C=O) groups is 1. The third-order valence-corrected chi connectivity index (χ3v) is 3.67. The SMILES string of the molecule is C#CCSc1nc2cc(C(=O)O)ccc2n1CC(C)C. The smallest absolute Gasteiger partial charge is 0.335 e. The summed E-state index contributed by atoms with van der Waals surface area (Å²) in [5.74, 6) is 2.66. The fourth-order valence-corrected chi connectivity index (χ4v) is 2.70. The van der Waals surface area contributed by atoms with Gasteiger partial charge in [-0.2, -0.15) is 0 Å². The zero-order valence-corrected chi connectivity index (χ0v) is 12.3. The highest BCUT2D eigenvalue weighted by Crippen LogP contribution is 2.25. The van der Waals surface area contributed by atoms with Gasteiger partial charge >= 0.3 is 5.97 Å². The summed E-state index contributed by atoms with van der Waals surface area (Å²) >= 11 is 1.50. The second kappa shape index (κ2) is 6.02. The van der Waals surface area contributed by atoms with Crippen molar-refractivity contribution in [2.24, 2.45) is 5.92 Å². The van der Waals surface area contributed by atoms with Gasteiger partial charge in [0.15, 0.2) is 5.16 Å². The monoisotopic (exact) mass is 288 g/mol. The van der Waals surface area contributed by atoms with Gasteiger partial charge in [0.25, 0.3) is 0 Å². The van der Waals surface area contributed by atoms with Crippen LogP contribution in [0.25, 0.3) is 11.0 Å². The van der Waals surface area contributed by atoms with E-state index in [0.29, 0.717) is 17.2 Å². The molecule has 0 aliphatic heterocycles. The average molecular weight is 288 g/mol. The van der Waals surface area contributed by atoms with E-state index in [2.05, 4.69) is 29.3 Å². The lowest BCUT2D eigenvalue weighted by Crippen LogP contribution is -2.06. The van der Waals surface area contributed by atoms with E-state index in [-0.39, 0.29) is 5.56 Å². The van der Waals surface area contributed by atoms with Gasteiger partial charge in [0, 0.05) is 6.54 Å². The van der Waals surface area contributed by atoms with Crippen molar-refractivity contribution >= 4 is 28.8 Å². The summed E-state index contributed by atoms with van der Waals surface area (Å²) in [6.07, 6.45) is 5.30. The molecule has 5 heteroatoms. The van der Waals surface area contributed by atoms with Crippen LogP contribution in [0.15, 0.2) is 23.4 Å². The highest BCUT2D eigenvalue weighted by Gasteiger charge is 2.14. The Hall–Kier alpha value is -1.93. The van der Waals surface area contributed by atoms with E-state index >= 15 is 0 Å². The number of thioether (sulfide) groups is 1. The van der Waals surface area contributed by atoms with Gasteiger partial charge in [-0.3, -0.25) is 0 Å². The van der Waals surface area contributed by atoms with Crippen LogP contribution in [0.4, 0.5) is 0 Å². The standard InChI is InChI=1S/C15H16N2O2S/c1-4-7-20-15-16-12-8-11(14(18)19)5-6-13(12)17(15)9-10(2)3/h1,5-6,8,10H,7,9H2,2-3H3,(H,18,19). The first-order valence-corrected chi connectivity index (χ1v) is 7.31. The molecule has 1 aromatic heterocycles. The maximum absolute atomic E-state index is 11.0. The molecule has 2 rings (SSSR count). The number of nitrogens with zero attached hydrogens (tertiary/aromatic N) is 2. The van der Waals surface area contributed by atoms with Crippen LogP contribution in [-0.4, -0.2) is 26.4 Å². The van der Waals surface area contributed by atoms with E-state index in [9.17, 15) is 4.79 Å². The molecule has 20 heavy (non-hydrogen) atoms. The van der Waals surface area contributed by atoms with Crippen molar-refractivity contribution in [3.8, 4) is 12.3 Å². The summed E-state index contributed by atoms with van der Waals surface area (Å²) in [5, 5.41) is 9.88. The number of benzene rings is 1. The van der Waals surface area contributed by atoms with E-state index < -0.39 is 5.97 Å². The van der Waals surface area contributed by atoms with Gasteiger partial charge in [0.1, 0.15) is 0 Å². The number of fused-ring (bicyclic) bond motifs is 1. The lowest BCUT2D eigenvalue weighted by atomic mass is 10.2. The largest absolute Gasteiger partial charge is 0.478 e. The minimum absolute atomic E-state index is 0.250. The van der Waals surface area contributed by atoms with Crippen LogP contribution >= 0.6 is 11.8 Å². The molecule has 0 fully saturated rings. The molecule has 1 N–H and O–H groups in total. The Morgan fingerprint density at radius 3 is 2.90 bits per heavy atom. The van der Waals surface area contributed by atoms with Crippen LogP contribution in [0.1, 0.15) is 24.2 Å². The number of rotatable bonds is 5. The second-order valence-electron chi connectivity index (χ2n) is 4.90. The van der Waals surface area contributed by atoms with E-state index in [0.717, 1.165) is 17.2 Å². The highest BCUT2D eigenvalue weighted by atomic mass is 32.2. The van der Waals surface area contributed by atoms with E-state index in [1.807, 2.05) is 6.07 Å². The Morgan fingerprint density at radius 2 is 2.30 bits per heavy atom. The molecule has 4 nitrogen and oxygen atoms in total. The number of aromatic carboxylic acids is 1. The van der Waals surface area contributed by atoms with Crippen molar-refractivity contribution in [2.45, 2.75) is 25.5 Å². The van der Waals surface area contributed by atoms with Gasteiger partial charge in [-0.05, 0) is 24.1 Å². The summed E-state index contributed by atoms with van der Waals surface area (Å²) in [6, 6.07) is 5.03. The van der Waals surface area contributed by atoms with Crippen molar-refractivity contribution in [3.63, 3.8) is 0 Å². The molecule has 0 atom stereocenters. The van der Waals surface area contributed by atoms with Crippen molar-refractivity contribution in [2.75, 3.05) is 5.75 Å². The zero-order chi connectivity index (χ0) is 14.7. The third kappa shape index (κ3) is 2.97. The number of aromatic nitrogens is 2. The topological polar surface area (TPSA) is 55.1 Å². The number of hydrogen-bond acceptors (Lipinski definition) is 3. The number of terminal acetylenes is 1. The van der Waals surface area contributed by atoms with Crippen LogP contribution in [0.5, 0.6) is 0 Å². The third-order valence-electron chi connectivity index (χ3n) is 2.79. The first-order chi connectivity index (χ1) is 9.52. The predicted molar refractivity (Wildman–Crippen MR) is 81.1 cm³/mol. The van der Waals surface area contributed by atoms with Crippen LogP contribution in [0.2, 0.25) is 0 Å². The van der Waals surface area contributed by atoms with E-state index in [1.54, 1.807) is 12.1 Å². The summed E-state index contributed by atoms with van der Waals surface area (Å²) in [4.78, 5) is 15.5. The Balaban J connectivity index is 2.53. The first kappa shape index (κ1) is 14.5. The van der Waals surface area contributed by atoms with Crippen molar-refractivity contribution < 1.29 is 9.90 Å². The summed E-state index contributed by atoms with van der Waals surface area (Å²) in [5.41, 5.74) is 1.90. The molecule has 0 radical (unpaired) electrons. The minimum atomic E-state index is -0.942. The fraction of sp³-hybridized carbons (Fsp3) is 0.333. The van der Waals surface area contributed by atoms with Gasteiger partial charge in [-0.25, -0.2) is 9.78 Å². The lowest BCUT2D eigenvalue weighted by Gasteiger charge is -2.10. The van der Waals surface area contributed by atoms with Crippen molar-refractivity contribution in [1.82, 2.24) is 9.55 Å². The maximum atomic E-state index is 11.0. The highest BCUT2D eigenvalue weighted by molar-refractivity contribution is 7.99. The van der Waals surface area contributed by atoms with E-state index in [4.69, 9.17) is 11.5 Å². The van der Waals surface area contributed by atoms with Crippen molar-refractivity contribution in [3.05, 3.63) is 23.8 Å². The normalized spacial score (nSPS) is 10.9. The molecule has 2 aromatic rings. The quantitative estimate of drug-likeness (QED) is 0.678. The number of carboxylic acid groups (broad SMARTS) is 1. The Kier molecular flexibility index (Phi) is 4.35. The fourth-order valence-electron chi connectivity index (χ4n) is 2.00. The molecule has 0 aliphatic rings. The molecule has 1 aromatic carbocycles. The molecular formula is C15H16N2O2S. The molecule has 0 saturated carbocycles. The molecule has 0 spiro atoms. The number of imidazole rings is 1. The Bertz CT molecular complexity index is 683. The minimum Gasteiger partial charge on any atom is -0.478 e. The molecule has 1 heterocycles. The molecule has 0 amide bonds. The average Bonchev–Trinajstić information content (AvgIpc) is 2.73. The van der Waals surface area contributed by atoms with Gasteiger partial charge in [0.05, 0.1) is 22.3 Å². The zero-order valence-electron chi connectivity index (χ0n) is 11.5. The summed E-state index contributed by atoms with van der Waals surface area (Å²) in [6.45, 7) is 5.09. The molecular weight excluding hydrogens is 272 g/mol. The summed E-state index contributed by atoms with van der Waals surface area (Å²) in [7, 11) is 0. The summed E-state index contributed by atoms with van der Waals surface area (Å²) < 4.78 is 2.10. The van der Waals surface area contributed by atoms with Gasteiger partial charge in [0.2, 0.25) is 0 Å². The maximum Gasteiger partial charge on any atom is 0.335 e. The molecule has 104 valence electrons. The van der Waals surface area contributed by atoms with E-state index in [1.165, 1.54) is 11.8 Å². The molecule has 0 bridgehead atoms. The van der Waals surface area contributed by atoms with Gasteiger partial charge in [-0.15, -0.1) is 6.42 Å². The molecule has 0 aliphatic carbocycles. The van der Waals surface area contributed by atoms with Crippen molar-refractivity contribution in [1.29, 1.82) is 0 Å². The molecule has 0 unspecified atom stereocenters. The van der Waals surface area contributed by atoms with Crippen LogP contribution < -0.4 is 0 Å². The van der Waals surface area contributed by atoms with Gasteiger partial charge in [-0.1, -0.05) is 31.5 Å². The van der Waals surface area contributed by atoms with Crippen LogP contribution in [0.3, 0.4) is 0 Å². The predicted octanol–water partition coefficient (Wildman–Crippen LogP) is 3.12. The Labute approximate surface area is 122 Å². The number of hydrogen-bond donors (Lipinski definition) is 1. The van der Waals surface area contributed by atoms with Gasteiger partial charge < -0.3 is 9.67 Å². The number of carboxylic acids is 1.